The molecular formula is C11H16N2O3. The van der Waals surface area contributed by atoms with Gasteiger partial charge in [0.25, 0.3) is 5.56 Å². The Morgan fingerprint density at radius 3 is 3.06 bits per heavy atom. The third-order valence-electron chi connectivity index (χ3n) is 2.88. The number of hydrogen-bond donors (Lipinski definition) is 1. The van der Waals surface area contributed by atoms with Gasteiger partial charge >= 0.3 is 5.69 Å². The molecule has 1 aromatic heterocycles. The second kappa shape index (κ2) is 5.12. The molecule has 2 rings (SSSR count). The van der Waals surface area contributed by atoms with Crippen LogP contribution >= 0.6 is 0 Å². The molecule has 88 valence electrons. The van der Waals surface area contributed by atoms with Crippen molar-refractivity contribution in [2.75, 3.05) is 6.61 Å². The average Bonchev–Trinajstić information content (AvgIpc) is 2.75. The molecule has 0 spiro atoms. The fourth-order valence-corrected chi connectivity index (χ4v) is 2.01. The Bertz CT molecular complexity index is 415. The molecule has 0 radical (unpaired) electrons. The summed E-state index contributed by atoms with van der Waals surface area (Å²) in [6.45, 7) is 1.31. The van der Waals surface area contributed by atoms with E-state index in [-0.39, 0.29) is 11.2 Å². The van der Waals surface area contributed by atoms with Crippen LogP contribution < -0.4 is 11.2 Å². The van der Waals surface area contributed by atoms with Gasteiger partial charge in [-0.2, -0.15) is 0 Å². The average molecular weight is 224 g/mol. The molecule has 1 aliphatic heterocycles. The smallest absolute Gasteiger partial charge is 0.328 e. The number of hydrogen-bond acceptors (Lipinski definition) is 3. The van der Waals surface area contributed by atoms with E-state index < -0.39 is 0 Å². The normalized spacial score (nSPS) is 20.1. The topological polar surface area (TPSA) is 64.1 Å². The predicted molar refractivity (Wildman–Crippen MR) is 59.5 cm³/mol. The van der Waals surface area contributed by atoms with Crippen molar-refractivity contribution in [3.05, 3.63) is 33.1 Å². The highest BCUT2D eigenvalue weighted by atomic mass is 16.5. The van der Waals surface area contributed by atoms with Gasteiger partial charge in [0, 0.05) is 25.4 Å². The summed E-state index contributed by atoms with van der Waals surface area (Å²) < 4.78 is 6.71. The van der Waals surface area contributed by atoms with Gasteiger partial charge in [0.05, 0.1) is 6.10 Å². The van der Waals surface area contributed by atoms with Crippen molar-refractivity contribution in [2.24, 2.45) is 0 Å². The zero-order valence-electron chi connectivity index (χ0n) is 9.15. The first-order valence-corrected chi connectivity index (χ1v) is 5.67. The van der Waals surface area contributed by atoms with E-state index in [1.54, 1.807) is 0 Å². The van der Waals surface area contributed by atoms with E-state index >= 15 is 0 Å². The Labute approximate surface area is 93.1 Å². The van der Waals surface area contributed by atoms with Crippen LogP contribution in [0.25, 0.3) is 0 Å². The molecule has 1 atom stereocenters. The highest BCUT2D eigenvalue weighted by Gasteiger charge is 2.14. The molecule has 1 saturated heterocycles. The minimum Gasteiger partial charge on any atom is -0.378 e. The van der Waals surface area contributed by atoms with Crippen molar-refractivity contribution in [2.45, 2.75) is 38.3 Å². The number of H-pyrrole nitrogens is 1. The van der Waals surface area contributed by atoms with Crippen LogP contribution in [0.15, 0.2) is 21.9 Å². The van der Waals surface area contributed by atoms with Crippen molar-refractivity contribution >= 4 is 0 Å². The van der Waals surface area contributed by atoms with E-state index in [9.17, 15) is 9.59 Å². The van der Waals surface area contributed by atoms with E-state index in [4.69, 9.17) is 4.74 Å². The molecule has 0 amide bonds. The zero-order valence-corrected chi connectivity index (χ0v) is 9.15. The Hall–Kier alpha value is -1.36. The van der Waals surface area contributed by atoms with Crippen LogP contribution in [0.3, 0.4) is 0 Å². The standard InChI is InChI=1S/C11H16N2O3/c14-10-5-6-12-11(15)13(10)7-1-3-9-4-2-8-16-9/h5-6,9H,1-4,7-8H2,(H,12,15). The number of ether oxygens (including phenoxy) is 1. The van der Waals surface area contributed by atoms with E-state index in [0.717, 1.165) is 32.3 Å². The van der Waals surface area contributed by atoms with Crippen LogP contribution in [0.1, 0.15) is 25.7 Å². The van der Waals surface area contributed by atoms with Gasteiger partial charge in [0.15, 0.2) is 0 Å². The van der Waals surface area contributed by atoms with Gasteiger partial charge < -0.3 is 9.72 Å². The molecule has 2 heterocycles. The molecule has 5 nitrogen and oxygen atoms in total. The fourth-order valence-electron chi connectivity index (χ4n) is 2.01. The molecule has 1 aliphatic rings. The van der Waals surface area contributed by atoms with E-state index in [1.165, 1.54) is 16.8 Å². The maximum Gasteiger partial charge on any atom is 0.328 e. The third-order valence-corrected chi connectivity index (χ3v) is 2.88. The SMILES string of the molecule is O=c1cc[nH]c(=O)n1CCCC1CCCO1. The summed E-state index contributed by atoms with van der Waals surface area (Å²) in [4.78, 5) is 25.2. The van der Waals surface area contributed by atoms with Crippen molar-refractivity contribution in [1.82, 2.24) is 9.55 Å². The molecule has 0 bridgehead atoms. The summed E-state index contributed by atoms with van der Waals surface area (Å²) in [6, 6.07) is 1.37. The molecule has 1 aromatic rings. The lowest BCUT2D eigenvalue weighted by molar-refractivity contribution is 0.101. The van der Waals surface area contributed by atoms with Gasteiger partial charge in [-0.3, -0.25) is 9.36 Å². The fraction of sp³-hybridized carbons (Fsp3) is 0.636. The number of nitrogens with one attached hydrogen (secondary N) is 1. The zero-order chi connectivity index (χ0) is 11.4. The van der Waals surface area contributed by atoms with E-state index in [2.05, 4.69) is 4.98 Å². The Balaban J connectivity index is 1.89. The molecule has 0 saturated carbocycles. The molecular weight excluding hydrogens is 208 g/mol. The van der Waals surface area contributed by atoms with Gasteiger partial charge in [-0.05, 0) is 25.7 Å². The first kappa shape index (κ1) is 11.1. The number of rotatable bonds is 4. The van der Waals surface area contributed by atoms with Crippen LogP contribution in [0.5, 0.6) is 0 Å². The largest absolute Gasteiger partial charge is 0.378 e. The van der Waals surface area contributed by atoms with Crippen molar-refractivity contribution < 1.29 is 4.74 Å². The minimum absolute atomic E-state index is 0.240. The Morgan fingerprint density at radius 2 is 2.38 bits per heavy atom. The lowest BCUT2D eigenvalue weighted by Gasteiger charge is -2.09. The molecule has 1 fully saturated rings. The van der Waals surface area contributed by atoms with Crippen LogP contribution in [0.4, 0.5) is 0 Å². The van der Waals surface area contributed by atoms with Crippen LogP contribution in [0.2, 0.25) is 0 Å². The summed E-state index contributed by atoms with van der Waals surface area (Å²) in [5.41, 5.74) is -0.573. The van der Waals surface area contributed by atoms with Gasteiger partial charge in [0.1, 0.15) is 0 Å². The first-order valence-electron chi connectivity index (χ1n) is 5.67. The Morgan fingerprint density at radius 1 is 1.50 bits per heavy atom. The van der Waals surface area contributed by atoms with Crippen LogP contribution in [-0.2, 0) is 11.3 Å². The first-order chi connectivity index (χ1) is 7.77. The molecule has 1 N–H and O–H groups in total. The van der Waals surface area contributed by atoms with E-state index in [0.29, 0.717) is 12.6 Å². The highest BCUT2D eigenvalue weighted by molar-refractivity contribution is 4.82. The van der Waals surface area contributed by atoms with Crippen molar-refractivity contribution in [1.29, 1.82) is 0 Å². The molecule has 5 heteroatoms. The molecule has 16 heavy (non-hydrogen) atoms. The lowest BCUT2D eigenvalue weighted by Crippen LogP contribution is -2.34. The lowest BCUT2D eigenvalue weighted by atomic mass is 10.1. The van der Waals surface area contributed by atoms with E-state index in [1.807, 2.05) is 0 Å². The number of aromatic nitrogens is 2. The number of nitrogens with zero attached hydrogens (tertiary/aromatic N) is 1. The molecule has 0 aromatic carbocycles. The summed E-state index contributed by atoms with van der Waals surface area (Å²) in [5, 5.41) is 0. The van der Waals surface area contributed by atoms with Crippen molar-refractivity contribution in [3.8, 4) is 0 Å². The second-order valence-corrected chi connectivity index (χ2v) is 4.05. The summed E-state index contributed by atoms with van der Waals surface area (Å²) in [5.74, 6) is 0. The predicted octanol–water partition coefficient (Wildman–Crippen LogP) is 0.496. The molecule has 0 aliphatic carbocycles. The minimum atomic E-state index is -0.333. The monoisotopic (exact) mass is 224 g/mol. The third kappa shape index (κ3) is 2.61. The molecule has 1 unspecified atom stereocenters. The maximum absolute atomic E-state index is 11.4. The maximum atomic E-state index is 11.4. The summed E-state index contributed by atoms with van der Waals surface area (Å²) in [7, 11) is 0. The van der Waals surface area contributed by atoms with Crippen LogP contribution in [0, 0.1) is 0 Å². The van der Waals surface area contributed by atoms with Gasteiger partial charge in [-0.25, -0.2) is 4.79 Å². The van der Waals surface area contributed by atoms with Gasteiger partial charge in [0.2, 0.25) is 0 Å². The summed E-state index contributed by atoms with van der Waals surface area (Å²) >= 11 is 0. The highest BCUT2D eigenvalue weighted by Crippen LogP contribution is 2.16. The van der Waals surface area contributed by atoms with Crippen molar-refractivity contribution in [3.63, 3.8) is 0 Å². The number of aromatic amines is 1. The van der Waals surface area contributed by atoms with Gasteiger partial charge in [-0.1, -0.05) is 0 Å². The van der Waals surface area contributed by atoms with Gasteiger partial charge in [-0.15, -0.1) is 0 Å². The van der Waals surface area contributed by atoms with Crippen LogP contribution in [-0.4, -0.2) is 22.3 Å². The Kier molecular flexibility index (Phi) is 3.56. The quantitative estimate of drug-likeness (QED) is 0.809. The summed E-state index contributed by atoms with van der Waals surface area (Å²) in [6.07, 6.45) is 5.63. The second-order valence-electron chi connectivity index (χ2n) is 4.05.